The van der Waals surface area contributed by atoms with Crippen LogP contribution in [-0.4, -0.2) is 46.5 Å². The summed E-state index contributed by atoms with van der Waals surface area (Å²) >= 11 is 0. The second kappa shape index (κ2) is 7.46. The Bertz CT molecular complexity index is 430. The van der Waals surface area contributed by atoms with Crippen molar-refractivity contribution in [3.05, 3.63) is 0 Å². The van der Waals surface area contributed by atoms with Crippen LogP contribution in [0.4, 0.5) is 4.79 Å². The summed E-state index contributed by atoms with van der Waals surface area (Å²) in [6.07, 6.45) is -0.536. The smallest absolute Gasteiger partial charge is 0.326 e. The molecule has 6 N–H and O–H groups in total. The summed E-state index contributed by atoms with van der Waals surface area (Å²) in [6.45, 7) is 6.80. The Balaban J connectivity index is 4.50. The summed E-state index contributed by atoms with van der Waals surface area (Å²) in [5, 5.41) is 15.8. The summed E-state index contributed by atoms with van der Waals surface area (Å²) in [5.41, 5.74) is 4.43. The highest BCUT2D eigenvalue weighted by Crippen LogP contribution is 1.99. The Labute approximate surface area is 122 Å². The highest BCUT2D eigenvalue weighted by Gasteiger charge is 2.25. The van der Waals surface area contributed by atoms with Gasteiger partial charge in [-0.3, -0.25) is 9.59 Å². The fourth-order valence-corrected chi connectivity index (χ4v) is 1.34. The van der Waals surface area contributed by atoms with Crippen molar-refractivity contribution >= 4 is 23.8 Å². The first-order chi connectivity index (χ1) is 9.42. The number of nitrogens with two attached hydrogens (primary N) is 1. The number of rotatable bonds is 6. The molecule has 0 aromatic rings. The van der Waals surface area contributed by atoms with Crippen LogP contribution in [0.5, 0.6) is 0 Å². The van der Waals surface area contributed by atoms with E-state index >= 15 is 0 Å². The van der Waals surface area contributed by atoms with Crippen LogP contribution in [0.15, 0.2) is 0 Å². The summed E-state index contributed by atoms with van der Waals surface area (Å²) < 4.78 is 0. The van der Waals surface area contributed by atoms with E-state index in [0.29, 0.717) is 0 Å². The third-order valence-corrected chi connectivity index (χ3v) is 2.25. The van der Waals surface area contributed by atoms with Crippen LogP contribution >= 0.6 is 0 Å². The lowest BCUT2D eigenvalue weighted by Gasteiger charge is -2.24. The zero-order valence-electron chi connectivity index (χ0n) is 12.5. The average molecular weight is 302 g/mol. The SMILES string of the molecule is CC(NC(=O)N[C@H](CC(N)=O)C(=O)O)C(=O)NC(C)(C)C. The van der Waals surface area contributed by atoms with Gasteiger partial charge < -0.3 is 26.8 Å². The highest BCUT2D eigenvalue weighted by molar-refractivity contribution is 5.90. The molecular formula is C12H22N4O5. The Hall–Kier alpha value is -2.32. The number of primary amides is 1. The van der Waals surface area contributed by atoms with E-state index in [1.165, 1.54) is 6.92 Å². The molecule has 4 amide bonds. The average Bonchev–Trinajstić information content (AvgIpc) is 2.24. The van der Waals surface area contributed by atoms with Gasteiger partial charge in [-0.25, -0.2) is 9.59 Å². The first kappa shape index (κ1) is 18.7. The molecular weight excluding hydrogens is 280 g/mol. The topological polar surface area (TPSA) is 151 Å². The molecule has 0 rings (SSSR count). The van der Waals surface area contributed by atoms with Crippen LogP contribution in [0.3, 0.4) is 0 Å². The van der Waals surface area contributed by atoms with Crippen molar-refractivity contribution in [3.8, 4) is 0 Å². The molecule has 1 unspecified atom stereocenters. The normalized spacial score (nSPS) is 13.7. The fraction of sp³-hybridized carbons (Fsp3) is 0.667. The van der Waals surface area contributed by atoms with E-state index in [1.54, 1.807) is 20.8 Å². The first-order valence-corrected chi connectivity index (χ1v) is 6.32. The second-order valence-electron chi connectivity index (χ2n) is 5.64. The van der Waals surface area contributed by atoms with Crippen molar-refractivity contribution in [3.63, 3.8) is 0 Å². The molecule has 9 heteroatoms. The molecule has 120 valence electrons. The lowest BCUT2D eigenvalue weighted by molar-refractivity contribution is -0.140. The molecule has 0 heterocycles. The standard InChI is InChI=1S/C12H22N4O5/c1-6(9(18)16-12(2,3)4)14-11(21)15-7(10(19)20)5-8(13)17/h6-7H,5H2,1-4H3,(H2,13,17)(H,16,18)(H,19,20)(H2,14,15,21)/t6?,7-/m1/s1. The van der Waals surface area contributed by atoms with Crippen molar-refractivity contribution in [2.24, 2.45) is 5.73 Å². The molecule has 0 aliphatic carbocycles. The van der Waals surface area contributed by atoms with Gasteiger partial charge in [0, 0.05) is 5.54 Å². The van der Waals surface area contributed by atoms with Crippen molar-refractivity contribution in [2.75, 3.05) is 0 Å². The lowest BCUT2D eigenvalue weighted by Crippen LogP contribution is -2.55. The maximum Gasteiger partial charge on any atom is 0.326 e. The first-order valence-electron chi connectivity index (χ1n) is 6.32. The van der Waals surface area contributed by atoms with Crippen LogP contribution in [0.25, 0.3) is 0 Å². The zero-order chi connectivity index (χ0) is 16.8. The molecule has 0 saturated carbocycles. The molecule has 0 aliphatic rings. The molecule has 0 spiro atoms. The van der Waals surface area contributed by atoms with E-state index in [2.05, 4.69) is 16.0 Å². The van der Waals surface area contributed by atoms with Gasteiger partial charge in [0.05, 0.1) is 6.42 Å². The minimum absolute atomic E-state index is 0.417. The van der Waals surface area contributed by atoms with Crippen LogP contribution < -0.4 is 21.7 Å². The molecule has 2 atom stereocenters. The Morgan fingerprint density at radius 2 is 1.67 bits per heavy atom. The molecule has 0 saturated heterocycles. The Kier molecular flexibility index (Phi) is 6.64. The summed E-state index contributed by atoms with van der Waals surface area (Å²) in [7, 11) is 0. The van der Waals surface area contributed by atoms with Gasteiger partial charge in [0.1, 0.15) is 12.1 Å². The van der Waals surface area contributed by atoms with Crippen molar-refractivity contribution in [1.82, 2.24) is 16.0 Å². The van der Waals surface area contributed by atoms with Gasteiger partial charge in [0.25, 0.3) is 0 Å². The molecule has 9 nitrogen and oxygen atoms in total. The van der Waals surface area contributed by atoms with Crippen LogP contribution in [0.2, 0.25) is 0 Å². The highest BCUT2D eigenvalue weighted by atomic mass is 16.4. The predicted octanol–water partition coefficient (Wildman–Crippen LogP) is -1.08. The van der Waals surface area contributed by atoms with Gasteiger partial charge in [0.15, 0.2) is 0 Å². The molecule has 0 radical (unpaired) electrons. The molecule has 21 heavy (non-hydrogen) atoms. The van der Waals surface area contributed by atoms with Gasteiger partial charge in [-0.05, 0) is 27.7 Å². The quantitative estimate of drug-likeness (QED) is 0.422. The van der Waals surface area contributed by atoms with Gasteiger partial charge in [-0.15, -0.1) is 0 Å². The zero-order valence-corrected chi connectivity index (χ0v) is 12.5. The Morgan fingerprint density at radius 1 is 1.14 bits per heavy atom. The fourth-order valence-electron chi connectivity index (χ4n) is 1.34. The summed E-state index contributed by atoms with van der Waals surface area (Å²) in [5.74, 6) is -2.67. The Morgan fingerprint density at radius 3 is 2.05 bits per heavy atom. The molecule has 0 fully saturated rings. The maximum absolute atomic E-state index is 11.7. The van der Waals surface area contributed by atoms with Crippen molar-refractivity contribution in [2.45, 2.75) is 51.7 Å². The second-order valence-corrected chi connectivity index (χ2v) is 5.64. The number of carboxylic acids is 1. The number of carbonyl (C=O) groups excluding carboxylic acids is 3. The monoisotopic (exact) mass is 302 g/mol. The van der Waals surface area contributed by atoms with E-state index in [1.807, 2.05) is 0 Å². The number of carbonyl (C=O) groups is 4. The molecule has 0 aliphatic heterocycles. The number of nitrogens with one attached hydrogen (secondary N) is 3. The lowest BCUT2D eigenvalue weighted by atomic mass is 10.1. The minimum Gasteiger partial charge on any atom is -0.480 e. The van der Waals surface area contributed by atoms with Crippen molar-refractivity contribution in [1.29, 1.82) is 0 Å². The van der Waals surface area contributed by atoms with Crippen LogP contribution in [-0.2, 0) is 14.4 Å². The van der Waals surface area contributed by atoms with Crippen LogP contribution in [0, 0.1) is 0 Å². The van der Waals surface area contributed by atoms with E-state index in [4.69, 9.17) is 10.8 Å². The van der Waals surface area contributed by atoms with E-state index in [-0.39, 0.29) is 0 Å². The number of aliphatic carboxylic acids is 1. The number of urea groups is 1. The number of amides is 4. The van der Waals surface area contributed by atoms with Gasteiger partial charge in [-0.1, -0.05) is 0 Å². The van der Waals surface area contributed by atoms with Crippen LogP contribution in [0.1, 0.15) is 34.1 Å². The van der Waals surface area contributed by atoms with Gasteiger partial charge in [-0.2, -0.15) is 0 Å². The van der Waals surface area contributed by atoms with Gasteiger partial charge in [0.2, 0.25) is 11.8 Å². The third kappa shape index (κ3) is 8.45. The largest absolute Gasteiger partial charge is 0.480 e. The molecule has 0 aromatic carbocycles. The van der Waals surface area contributed by atoms with E-state index in [9.17, 15) is 19.2 Å². The van der Waals surface area contributed by atoms with Gasteiger partial charge >= 0.3 is 12.0 Å². The van der Waals surface area contributed by atoms with E-state index in [0.717, 1.165) is 0 Å². The number of hydrogen-bond donors (Lipinski definition) is 5. The van der Waals surface area contributed by atoms with Crippen molar-refractivity contribution < 1.29 is 24.3 Å². The minimum atomic E-state index is -1.44. The third-order valence-electron chi connectivity index (χ3n) is 2.25. The molecule has 0 bridgehead atoms. The number of carboxylic acid groups (broad SMARTS) is 1. The predicted molar refractivity (Wildman–Crippen MR) is 74.3 cm³/mol. The summed E-state index contributed by atoms with van der Waals surface area (Å²) in [6, 6.07) is -3.19. The van der Waals surface area contributed by atoms with E-state index < -0.39 is 47.9 Å². The molecule has 0 aromatic heterocycles. The summed E-state index contributed by atoms with van der Waals surface area (Å²) in [4.78, 5) is 44.9. The number of hydrogen-bond acceptors (Lipinski definition) is 4. The maximum atomic E-state index is 11.7.